The number of hydrogen-bond donors (Lipinski definition) is 2. The average molecular weight is 445 g/mol. The van der Waals surface area contributed by atoms with E-state index >= 15 is 0 Å². The van der Waals surface area contributed by atoms with Gasteiger partial charge < -0.3 is 15.2 Å². The summed E-state index contributed by atoms with van der Waals surface area (Å²) in [7, 11) is -3.01. The number of hydrogen-bond acceptors (Lipinski definition) is 7. The quantitative estimate of drug-likeness (QED) is 0.316. The fourth-order valence-electron chi connectivity index (χ4n) is 2.50. The number of ether oxygens (including phenoxy) is 1. The number of carboxylic acids is 1. The van der Waals surface area contributed by atoms with Crippen molar-refractivity contribution in [3.05, 3.63) is 34.4 Å². The summed E-state index contributed by atoms with van der Waals surface area (Å²) in [6, 6.07) is 2.88. The Hall–Kier alpha value is -2.73. The molecule has 2 N–H and O–H groups in total. The van der Waals surface area contributed by atoms with Crippen LogP contribution in [0, 0.1) is 10.1 Å². The van der Waals surface area contributed by atoms with Crippen molar-refractivity contribution in [3.63, 3.8) is 0 Å². The van der Waals surface area contributed by atoms with Crippen molar-refractivity contribution < 1.29 is 32.8 Å². The second-order valence-corrected chi connectivity index (χ2v) is 9.55. The van der Waals surface area contributed by atoms with Gasteiger partial charge >= 0.3 is 12.1 Å². The normalized spacial score (nSPS) is 13.0. The molecule has 168 valence electrons. The molecule has 0 radical (unpaired) electrons. The molecule has 1 amide bonds. The second-order valence-electron chi connectivity index (χ2n) is 7.55. The minimum atomic E-state index is -4.16. The van der Waals surface area contributed by atoms with Crippen LogP contribution < -0.4 is 5.32 Å². The van der Waals surface area contributed by atoms with E-state index in [2.05, 4.69) is 5.32 Å². The fourth-order valence-corrected chi connectivity index (χ4v) is 3.84. The number of carbonyl (C=O) groups excluding carboxylic acids is 1. The van der Waals surface area contributed by atoms with Crippen LogP contribution in [0.25, 0.3) is 0 Å². The van der Waals surface area contributed by atoms with E-state index in [1.54, 1.807) is 20.8 Å². The van der Waals surface area contributed by atoms with Gasteiger partial charge in [-0.15, -0.1) is 0 Å². The first kappa shape index (κ1) is 25.3. The maximum atomic E-state index is 12.7. The van der Waals surface area contributed by atoms with Crippen LogP contribution >= 0.6 is 0 Å². The molecule has 0 fully saturated rings. The van der Waals surface area contributed by atoms with Crippen LogP contribution in [0.2, 0.25) is 0 Å². The Labute approximate surface area is 175 Å². The lowest BCUT2D eigenvalue weighted by molar-refractivity contribution is -0.384. The van der Waals surface area contributed by atoms with E-state index in [-0.39, 0.29) is 23.5 Å². The molecule has 0 aromatic heterocycles. The van der Waals surface area contributed by atoms with Gasteiger partial charge in [-0.05, 0) is 52.2 Å². The number of carboxylic acid groups (broad SMARTS) is 1. The molecule has 0 saturated carbocycles. The highest BCUT2D eigenvalue weighted by atomic mass is 32.2. The lowest BCUT2D eigenvalue weighted by Crippen LogP contribution is -2.42. The molecule has 0 heterocycles. The molecule has 0 aliphatic heterocycles. The van der Waals surface area contributed by atoms with Gasteiger partial charge in [0.15, 0.2) is 0 Å². The van der Waals surface area contributed by atoms with Crippen molar-refractivity contribution in [1.29, 1.82) is 0 Å². The number of nitrogens with one attached hydrogen (secondary N) is 1. The Bertz CT molecular complexity index is 862. The van der Waals surface area contributed by atoms with Gasteiger partial charge in [-0.1, -0.05) is 0 Å². The number of benzene rings is 1. The van der Waals surface area contributed by atoms with Crippen molar-refractivity contribution in [3.8, 4) is 0 Å². The van der Waals surface area contributed by atoms with Crippen LogP contribution in [0.15, 0.2) is 29.2 Å². The molecule has 0 aliphatic carbocycles. The number of nitrogens with zero attached hydrogens (tertiary/aromatic N) is 2. The van der Waals surface area contributed by atoms with Crippen molar-refractivity contribution in [1.82, 2.24) is 9.62 Å². The topological polar surface area (TPSA) is 156 Å². The van der Waals surface area contributed by atoms with Crippen LogP contribution in [-0.4, -0.2) is 60.1 Å². The van der Waals surface area contributed by atoms with Gasteiger partial charge in [0, 0.05) is 25.7 Å². The van der Waals surface area contributed by atoms with Crippen LogP contribution in [0.5, 0.6) is 0 Å². The van der Waals surface area contributed by atoms with E-state index in [0.29, 0.717) is 12.8 Å². The number of unbranched alkanes of at least 4 members (excludes halogenated alkanes) is 1. The molecular formula is C18H27N3O8S. The number of sulfonamides is 1. The molecular weight excluding hydrogens is 418 g/mol. The Kier molecular flexibility index (Phi) is 8.73. The third-order valence-corrected chi connectivity index (χ3v) is 5.90. The lowest BCUT2D eigenvalue weighted by atomic mass is 10.1. The molecule has 30 heavy (non-hydrogen) atoms. The third-order valence-electron chi connectivity index (χ3n) is 4.02. The highest BCUT2D eigenvalue weighted by Gasteiger charge is 2.32. The number of likely N-dealkylation sites (N-methyl/N-ethyl adjacent to an activating group) is 1. The van der Waals surface area contributed by atoms with Gasteiger partial charge in [0.1, 0.15) is 11.6 Å². The second kappa shape index (κ2) is 10.3. The molecule has 1 atom stereocenters. The molecule has 1 aromatic rings. The Morgan fingerprint density at radius 1 is 1.23 bits per heavy atom. The van der Waals surface area contributed by atoms with Crippen LogP contribution in [0.4, 0.5) is 10.5 Å². The van der Waals surface area contributed by atoms with Gasteiger partial charge in [0.25, 0.3) is 5.69 Å². The zero-order valence-electron chi connectivity index (χ0n) is 17.3. The molecule has 11 nitrogen and oxygen atoms in total. The smallest absolute Gasteiger partial charge is 0.407 e. The van der Waals surface area contributed by atoms with Gasteiger partial charge in [-0.3, -0.25) is 14.9 Å². The summed E-state index contributed by atoms with van der Waals surface area (Å²) in [5.41, 5.74) is -0.906. The predicted octanol–water partition coefficient (Wildman–Crippen LogP) is 2.36. The van der Waals surface area contributed by atoms with Crippen LogP contribution in [0.3, 0.4) is 0 Å². The first-order chi connectivity index (χ1) is 13.8. The standard InChI is InChI=1S/C18H27N3O8S/c1-18(2,3)29-17(24)19-12-6-5-7-15(16(22)23)20(4)30(27,28)14-10-8-13(9-11-14)21(25)26/h8-11,15H,5-7,12H2,1-4H3,(H,19,24)(H,22,23)/t15-/m0/s1. The number of carbonyl (C=O) groups is 2. The zero-order chi connectivity index (χ0) is 23.1. The minimum absolute atomic E-state index is 0.0219. The van der Waals surface area contributed by atoms with Crippen molar-refractivity contribution in [2.24, 2.45) is 0 Å². The van der Waals surface area contributed by atoms with E-state index in [1.165, 1.54) is 0 Å². The average Bonchev–Trinajstić information content (AvgIpc) is 2.62. The summed E-state index contributed by atoms with van der Waals surface area (Å²) in [4.78, 5) is 33.0. The number of non-ortho nitro benzene ring substituents is 1. The summed E-state index contributed by atoms with van der Waals surface area (Å²) < 4.78 is 31.2. The molecule has 12 heteroatoms. The van der Waals surface area contributed by atoms with Crippen LogP contribution in [-0.2, 0) is 19.6 Å². The predicted molar refractivity (Wildman–Crippen MR) is 108 cm³/mol. The van der Waals surface area contributed by atoms with Crippen molar-refractivity contribution in [2.45, 2.75) is 56.6 Å². The SMILES string of the molecule is CN([C@@H](CCCCNC(=O)OC(C)(C)C)C(=O)O)S(=O)(=O)c1ccc([N+](=O)[O-])cc1. The monoisotopic (exact) mass is 445 g/mol. The van der Waals surface area contributed by atoms with E-state index in [1.807, 2.05) is 0 Å². The van der Waals surface area contributed by atoms with E-state index < -0.39 is 38.7 Å². The van der Waals surface area contributed by atoms with Gasteiger partial charge in [-0.2, -0.15) is 4.31 Å². The van der Waals surface area contributed by atoms with Crippen molar-refractivity contribution >= 4 is 27.8 Å². The Morgan fingerprint density at radius 3 is 2.27 bits per heavy atom. The summed E-state index contributed by atoms with van der Waals surface area (Å²) in [5, 5.41) is 22.7. The molecule has 0 spiro atoms. The summed E-state index contributed by atoms with van der Waals surface area (Å²) in [5.74, 6) is -1.32. The van der Waals surface area contributed by atoms with E-state index in [9.17, 15) is 33.2 Å². The lowest BCUT2D eigenvalue weighted by Gasteiger charge is -2.24. The molecule has 1 rings (SSSR count). The molecule has 0 saturated heterocycles. The Balaban J connectivity index is 2.69. The molecule has 1 aromatic carbocycles. The summed E-state index contributed by atoms with van der Waals surface area (Å²) >= 11 is 0. The molecule has 0 aliphatic rings. The number of nitro groups is 1. The maximum Gasteiger partial charge on any atom is 0.407 e. The number of aliphatic carboxylic acids is 1. The largest absolute Gasteiger partial charge is 0.480 e. The first-order valence-corrected chi connectivity index (χ1v) is 10.6. The highest BCUT2D eigenvalue weighted by Crippen LogP contribution is 2.22. The minimum Gasteiger partial charge on any atom is -0.480 e. The summed E-state index contributed by atoms with van der Waals surface area (Å²) in [6.07, 6.45) is 0.199. The van der Waals surface area contributed by atoms with E-state index in [0.717, 1.165) is 35.6 Å². The number of rotatable bonds is 10. The highest BCUT2D eigenvalue weighted by molar-refractivity contribution is 7.89. The first-order valence-electron chi connectivity index (χ1n) is 9.18. The number of nitro benzene ring substituents is 1. The van der Waals surface area contributed by atoms with Crippen LogP contribution in [0.1, 0.15) is 40.0 Å². The summed E-state index contributed by atoms with van der Waals surface area (Å²) in [6.45, 7) is 5.43. The zero-order valence-corrected chi connectivity index (χ0v) is 18.1. The molecule has 0 unspecified atom stereocenters. The Morgan fingerprint density at radius 2 is 1.80 bits per heavy atom. The van der Waals surface area contributed by atoms with Gasteiger partial charge in [0.2, 0.25) is 10.0 Å². The number of amides is 1. The molecule has 0 bridgehead atoms. The number of alkyl carbamates (subject to hydrolysis) is 1. The van der Waals surface area contributed by atoms with E-state index in [4.69, 9.17) is 4.74 Å². The fraction of sp³-hybridized carbons (Fsp3) is 0.556. The van der Waals surface area contributed by atoms with Gasteiger partial charge in [0.05, 0.1) is 9.82 Å². The van der Waals surface area contributed by atoms with Crippen molar-refractivity contribution in [2.75, 3.05) is 13.6 Å². The van der Waals surface area contributed by atoms with Gasteiger partial charge in [-0.25, -0.2) is 13.2 Å². The third kappa shape index (κ3) is 7.59. The maximum absolute atomic E-state index is 12.7.